The molecule has 2 N–H and O–H groups in total. The molecule has 2 aromatic heterocycles. The minimum Gasteiger partial charge on any atom is -0.367 e. The van der Waals surface area contributed by atoms with E-state index in [0.29, 0.717) is 6.04 Å². The molecule has 4 nitrogen and oxygen atoms in total. The SMILES string of the molecule is CCCCC1CCCC(Nc2nc(CC)nc3[nH]ccc23)C1. The van der Waals surface area contributed by atoms with Crippen LogP contribution >= 0.6 is 0 Å². The Bertz CT molecular complexity index is 604. The Kier molecular flexibility index (Phi) is 4.96. The Morgan fingerprint density at radius 1 is 1.27 bits per heavy atom. The minimum absolute atomic E-state index is 0.563. The van der Waals surface area contributed by atoms with Crippen LogP contribution in [0.1, 0.15) is 64.6 Å². The summed E-state index contributed by atoms with van der Waals surface area (Å²) in [5, 5.41) is 4.84. The fraction of sp³-hybridized carbons (Fsp3) is 0.667. The van der Waals surface area contributed by atoms with Gasteiger partial charge in [-0.15, -0.1) is 0 Å². The fourth-order valence-corrected chi connectivity index (χ4v) is 3.63. The van der Waals surface area contributed by atoms with E-state index in [2.05, 4.69) is 35.2 Å². The van der Waals surface area contributed by atoms with Crippen molar-refractivity contribution in [1.82, 2.24) is 15.0 Å². The third-order valence-corrected chi connectivity index (χ3v) is 4.87. The molecule has 0 spiro atoms. The summed E-state index contributed by atoms with van der Waals surface area (Å²) in [6.45, 7) is 4.39. The zero-order valence-corrected chi connectivity index (χ0v) is 13.9. The lowest BCUT2D eigenvalue weighted by Gasteiger charge is -2.30. The van der Waals surface area contributed by atoms with Gasteiger partial charge < -0.3 is 10.3 Å². The maximum absolute atomic E-state index is 4.73. The second-order valence-corrected chi connectivity index (χ2v) is 6.60. The van der Waals surface area contributed by atoms with E-state index >= 15 is 0 Å². The highest BCUT2D eigenvalue weighted by molar-refractivity contribution is 5.87. The first-order chi connectivity index (χ1) is 10.8. The van der Waals surface area contributed by atoms with Crippen LogP contribution in [0.15, 0.2) is 12.3 Å². The van der Waals surface area contributed by atoms with Crippen molar-refractivity contribution < 1.29 is 0 Å². The van der Waals surface area contributed by atoms with Gasteiger partial charge in [0.25, 0.3) is 0 Å². The first kappa shape index (κ1) is 15.3. The van der Waals surface area contributed by atoms with Crippen molar-refractivity contribution in [1.29, 1.82) is 0 Å². The van der Waals surface area contributed by atoms with Crippen molar-refractivity contribution in [2.75, 3.05) is 5.32 Å². The molecule has 22 heavy (non-hydrogen) atoms. The molecule has 3 rings (SSSR count). The molecule has 0 aromatic carbocycles. The molecule has 1 saturated carbocycles. The zero-order chi connectivity index (χ0) is 15.4. The van der Waals surface area contributed by atoms with Crippen molar-refractivity contribution in [3.05, 3.63) is 18.1 Å². The third kappa shape index (κ3) is 3.42. The van der Waals surface area contributed by atoms with Gasteiger partial charge in [-0.25, -0.2) is 9.97 Å². The summed E-state index contributed by atoms with van der Waals surface area (Å²) in [4.78, 5) is 12.5. The Balaban J connectivity index is 1.73. The van der Waals surface area contributed by atoms with Crippen molar-refractivity contribution in [2.45, 2.75) is 71.3 Å². The fourth-order valence-electron chi connectivity index (χ4n) is 3.63. The van der Waals surface area contributed by atoms with Crippen LogP contribution in [0.5, 0.6) is 0 Å². The van der Waals surface area contributed by atoms with Crippen LogP contribution in [0.4, 0.5) is 5.82 Å². The zero-order valence-electron chi connectivity index (χ0n) is 13.9. The van der Waals surface area contributed by atoms with E-state index < -0.39 is 0 Å². The van der Waals surface area contributed by atoms with Crippen LogP contribution in [0.25, 0.3) is 11.0 Å². The molecule has 1 aliphatic rings. The predicted molar refractivity (Wildman–Crippen MR) is 92.2 cm³/mol. The molecule has 4 heteroatoms. The molecule has 0 aliphatic heterocycles. The monoisotopic (exact) mass is 300 g/mol. The van der Waals surface area contributed by atoms with Crippen LogP contribution in [0, 0.1) is 5.92 Å². The van der Waals surface area contributed by atoms with Crippen molar-refractivity contribution in [3.63, 3.8) is 0 Å². The Morgan fingerprint density at radius 3 is 3.00 bits per heavy atom. The summed E-state index contributed by atoms with van der Waals surface area (Å²) in [6.07, 6.45) is 12.2. The van der Waals surface area contributed by atoms with E-state index in [0.717, 1.165) is 35.0 Å². The normalized spacial score (nSPS) is 22.1. The second kappa shape index (κ2) is 7.12. The maximum atomic E-state index is 4.73. The standard InChI is InChI=1S/C18H28N4/c1-3-5-7-13-8-6-9-14(12-13)20-18-15-10-11-19-17(15)21-16(4-2)22-18/h10-11,13-14H,3-9,12H2,1-2H3,(H2,19,20,21,22). The highest BCUT2D eigenvalue weighted by Crippen LogP contribution is 2.31. The van der Waals surface area contributed by atoms with Crippen molar-refractivity contribution in [3.8, 4) is 0 Å². The van der Waals surface area contributed by atoms with Crippen LogP contribution in [-0.2, 0) is 6.42 Å². The van der Waals surface area contributed by atoms with Gasteiger partial charge in [-0.2, -0.15) is 0 Å². The number of nitrogens with zero attached hydrogens (tertiary/aromatic N) is 2. The molecule has 1 fully saturated rings. The summed E-state index contributed by atoms with van der Waals surface area (Å²) in [7, 11) is 0. The number of nitrogens with one attached hydrogen (secondary N) is 2. The average Bonchev–Trinajstić information content (AvgIpc) is 3.02. The number of unbranched alkanes of at least 4 members (excludes halogenated alkanes) is 1. The maximum Gasteiger partial charge on any atom is 0.143 e. The third-order valence-electron chi connectivity index (χ3n) is 4.87. The van der Waals surface area contributed by atoms with Gasteiger partial charge in [0.15, 0.2) is 0 Å². The number of anilines is 1. The summed E-state index contributed by atoms with van der Waals surface area (Å²) < 4.78 is 0. The molecule has 120 valence electrons. The number of hydrogen-bond acceptors (Lipinski definition) is 3. The minimum atomic E-state index is 0.563. The Morgan fingerprint density at radius 2 is 2.18 bits per heavy atom. The van der Waals surface area contributed by atoms with Crippen LogP contribution in [-0.4, -0.2) is 21.0 Å². The van der Waals surface area contributed by atoms with Gasteiger partial charge >= 0.3 is 0 Å². The molecule has 0 radical (unpaired) electrons. The number of aromatic amines is 1. The Labute approximate surface area is 133 Å². The molecule has 2 heterocycles. The average molecular weight is 300 g/mol. The predicted octanol–water partition coefficient (Wildman–Crippen LogP) is 4.68. The van der Waals surface area contributed by atoms with E-state index in [-0.39, 0.29) is 0 Å². The van der Waals surface area contributed by atoms with Gasteiger partial charge in [0.1, 0.15) is 17.3 Å². The number of H-pyrrole nitrogens is 1. The highest BCUT2D eigenvalue weighted by atomic mass is 15.1. The lowest BCUT2D eigenvalue weighted by atomic mass is 9.83. The molecular weight excluding hydrogens is 272 g/mol. The number of aromatic nitrogens is 3. The largest absolute Gasteiger partial charge is 0.367 e. The molecule has 2 atom stereocenters. The topological polar surface area (TPSA) is 53.6 Å². The highest BCUT2D eigenvalue weighted by Gasteiger charge is 2.22. The molecular formula is C18H28N4. The van der Waals surface area contributed by atoms with Gasteiger partial charge in [-0.3, -0.25) is 0 Å². The van der Waals surface area contributed by atoms with E-state index in [1.54, 1.807) is 0 Å². The van der Waals surface area contributed by atoms with Gasteiger partial charge in [0.2, 0.25) is 0 Å². The first-order valence-corrected chi connectivity index (χ1v) is 8.90. The van der Waals surface area contributed by atoms with E-state index in [1.807, 2.05) is 6.20 Å². The van der Waals surface area contributed by atoms with E-state index in [1.165, 1.54) is 44.9 Å². The number of aryl methyl sites for hydroxylation is 1. The van der Waals surface area contributed by atoms with Crippen LogP contribution in [0.3, 0.4) is 0 Å². The van der Waals surface area contributed by atoms with Gasteiger partial charge in [-0.05, 0) is 24.8 Å². The number of fused-ring (bicyclic) bond motifs is 1. The van der Waals surface area contributed by atoms with E-state index in [4.69, 9.17) is 4.98 Å². The van der Waals surface area contributed by atoms with Crippen molar-refractivity contribution >= 4 is 16.9 Å². The lowest BCUT2D eigenvalue weighted by Crippen LogP contribution is -2.28. The molecule has 1 aliphatic carbocycles. The summed E-state index contributed by atoms with van der Waals surface area (Å²) in [5.74, 6) is 2.82. The lowest BCUT2D eigenvalue weighted by molar-refractivity contribution is 0.311. The smallest absolute Gasteiger partial charge is 0.143 e. The quantitative estimate of drug-likeness (QED) is 0.814. The molecule has 2 aromatic rings. The van der Waals surface area contributed by atoms with Gasteiger partial charge in [0.05, 0.1) is 5.39 Å². The first-order valence-electron chi connectivity index (χ1n) is 8.90. The van der Waals surface area contributed by atoms with Crippen LogP contribution < -0.4 is 5.32 Å². The number of rotatable bonds is 6. The molecule has 0 bridgehead atoms. The molecule has 0 saturated heterocycles. The Hall–Kier alpha value is -1.58. The second-order valence-electron chi connectivity index (χ2n) is 6.60. The van der Waals surface area contributed by atoms with E-state index in [9.17, 15) is 0 Å². The van der Waals surface area contributed by atoms with Crippen molar-refractivity contribution in [2.24, 2.45) is 5.92 Å². The summed E-state index contributed by atoms with van der Waals surface area (Å²) >= 11 is 0. The molecule has 2 unspecified atom stereocenters. The van der Waals surface area contributed by atoms with Gasteiger partial charge in [0, 0.05) is 18.7 Å². The summed E-state index contributed by atoms with van der Waals surface area (Å²) in [5.41, 5.74) is 0.952. The summed E-state index contributed by atoms with van der Waals surface area (Å²) in [6, 6.07) is 2.64. The van der Waals surface area contributed by atoms with Gasteiger partial charge in [-0.1, -0.05) is 46.0 Å². The number of hydrogen-bond donors (Lipinski definition) is 2. The molecule has 0 amide bonds. The van der Waals surface area contributed by atoms with Crippen LogP contribution in [0.2, 0.25) is 0 Å².